The van der Waals surface area contributed by atoms with Crippen molar-refractivity contribution in [3.05, 3.63) is 46.5 Å². The van der Waals surface area contributed by atoms with Crippen LogP contribution in [0.2, 0.25) is 0 Å². The van der Waals surface area contributed by atoms with Crippen LogP contribution in [0.4, 0.5) is 0 Å². The van der Waals surface area contributed by atoms with Gasteiger partial charge in [0.05, 0.1) is 17.8 Å². The van der Waals surface area contributed by atoms with Gasteiger partial charge in [-0.3, -0.25) is 0 Å². The van der Waals surface area contributed by atoms with Gasteiger partial charge < -0.3 is 10.3 Å². The van der Waals surface area contributed by atoms with E-state index in [0.717, 1.165) is 12.1 Å². The van der Waals surface area contributed by atoms with Crippen LogP contribution in [-0.4, -0.2) is 24.9 Å². The molecule has 1 aromatic carbocycles. The first kappa shape index (κ1) is 16.2. The molecule has 2 aromatic rings. The van der Waals surface area contributed by atoms with Crippen LogP contribution in [0, 0.1) is 0 Å². The van der Waals surface area contributed by atoms with E-state index in [2.05, 4.69) is 35.9 Å². The molecular formula is C13H17BrN4O2S. The topological polar surface area (TPSA) is 86.9 Å². The van der Waals surface area contributed by atoms with Crippen molar-refractivity contribution >= 4 is 26.0 Å². The van der Waals surface area contributed by atoms with Crippen molar-refractivity contribution in [3.63, 3.8) is 0 Å². The normalized spacial score (nSPS) is 11.7. The summed E-state index contributed by atoms with van der Waals surface area (Å²) in [7, 11) is -3.59. The van der Waals surface area contributed by atoms with Gasteiger partial charge in [0.2, 0.25) is 10.0 Å². The molecule has 6 nitrogen and oxygen atoms in total. The third-order valence-corrected chi connectivity index (χ3v) is 5.27. The Hall–Kier alpha value is -1.22. The van der Waals surface area contributed by atoms with Gasteiger partial charge in [0.1, 0.15) is 0 Å². The molecule has 1 heterocycles. The third-order valence-electron chi connectivity index (χ3n) is 2.87. The molecule has 0 atom stereocenters. The summed E-state index contributed by atoms with van der Waals surface area (Å²) in [5.41, 5.74) is 1.63. The maximum Gasteiger partial charge on any atom is 0.242 e. The van der Waals surface area contributed by atoms with Crippen LogP contribution < -0.4 is 10.0 Å². The summed E-state index contributed by atoms with van der Waals surface area (Å²) in [4.78, 5) is 6.94. The lowest BCUT2D eigenvalue weighted by Gasteiger charge is -2.10. The summed E-state index contributed by atoms with van der Waals surface area (Å²) in [6.45, 7) is 3.64. The fourth-order valence-corrected chi connectivity index (χ4v) is 3.78. The van der Waals surface area contributed by atoms with Gasteiger partial charge in [0, 0.05) is 22.9 Å². The van der Waals surface area contributed by atoms with Crippen LogP contribution in [0.3, 0.4) is 0 Å². The average molecular weight is 373 g/mol. The Morgan fingerprint density at radius 2 is 2.14 bits per heavy atom. The second-order valence-corrected chi connectivity index (χ2v) is 7.04. The van der Waals surface area contributed by atoms with Crippen molar-refractivity contribution in [1.82, 2.24) is 20.0 Å². The number of rotatable bonds is 7. The molecule has 0 bridgehead atoms. The third kappa shape index (κ3) is 4.37. The van der Waals surface area contributed by atoms with E-state index in [1.54, 1.807) is 18.3 Å². The number of nitrogens with zero attached hydrogens (tertiary/aromatic N) is 1. The molecule has 0 spiro atoms. The summed E-state index contributed by atoms with van der Waals surface area (Å²) in [6, 6.07) is 5.31. The van der Waals surface area contributed by atoms with Crippen LogP contribution in [0.5, 0.6) is 0 Å². The number of hydrogen-bond donors (Lipinski definition) is 3. The molecule has 2 rings (SSSR count). The second-order valence-electron chi connectivity index (χ2n) is 4.45. The lowest BCUT2D eigenvalue weighted by molar-refractivity contribution is 0.579. The monoisotopic (exact) mass is 372 g/mol. The predicted molar refractivity (Wildman–Crippen MR) is 84.1 cm³/mol. The fourth-order valence-electron chi connectivity index (χ4n) is 1.76. The Labute approximate surface area is 132 Å². The lowest BCUT2D eigenvalue weighted by Crippen LogP contribution is -2.24. The number of hydrogen-bond acceptors (Lipinski definition) is 4. The highest BCUT2D eigenvalue weighted by Crippen LogP contribution is 2.23. The second kappa shape index (κ2) is 7.17. The zero-order chi connectivity index (χ0) is 15.3. The first-order valence-electron chi connectivity index (χ1n) is 6.49. The average Bonchev–Trinajstić information content (AvgIpc) is 2.97. The minimum atomic E-state index is -3.59. The zero-order valence-electron chi connectivity index (χ0n) is 11.6. The highest BCUT2D eigenvalue weighted by atomic mass is 79.9. The number of aromatic amines is 1. The SMILES string of the molecule is CCNCc1ccc(Br)c(S(=O)(=O)NCc2cnc[nH]2)c1. The summed E-state index contributed by atoms with van der Waals surface area (Å²) in [5, 5.41) is 3.17. The number of benzene rings is 1. The largest absolute Gasteiger partial charge is 0.347 e. The number of sulfonamides is 1. The first-order chi connectivity index (χ1) is 10.0. The fraction of sp³-hybridized carbons (Fsp3) is 0.308. The molecule has 0 fully saturated rings. The van der Waals surface area contributed by atoms with E-state index >= 15 is 0 Å². The van der Waals surface area contributed by atoms with E-state index in [4.69, 9.17) is 0 Å². The van der Waals surface area contributed by atoms with Gasteiger partial charge in [-0.15, -0.1) is 0 Å². The summed E-state index contributed by atoms with van der Waals surface area (Å²) < 4.78 is 27.9. The maximum absolute atomic E-state index is 12.4. The molecule has 0 aliphatic rings. The number of aromatic nitrogens is 2. The van der Waals surface area contributed by atoms with Gasteiger partial charge in [-0.2, -0.15) is 0 Å². The molecule has 0 aliphatic heterocycles. The Balaban J connectivity index is 2.17. The van der Waals surface area contributed by atoms with E-state index in [9.17, 15) is 8.42 Å². The van der Waals surface area contributed by atoms with E-state index in [1.807, 2.05) is 13.0 Å². The first-order valence-corrected chi connectivity index (χ1v) is 8.76. The van der Waals surface area contributed by atoms with Gasteiger partial charge in [-0.1, -0.05) is 13.0 Å². The Bertz CT molecular complexity index is 686. The van der Waals surface area contributed by atoms with Crippen LogP contribution in [0.15, 0.2) is 40.1 Å². The predicted octanol–water partition coefficient (Wildman–Crippen LogP) is 1.76. The molecule has 1 aromatic heterocycles. The molecule has 0 saturated carbocycles. The van der Waals surface area contributed by atoms with E-state index in [-0.39, 0.29) is 11.4 Å². The van der Waals surface area contributed by atoms with Crippen LogP contribution in [-0.2, 0) is 23.1 Å². The van der Waals surface area contributed by atoms with Crippen LogP contribution >= 0.6 is 15.9 Å². The molecule has 8 heteroatoms. The minimum absolute atomic E-state index is 0.173. The quantitative estimate of drug-likeness (QED) is 0.690. The summed E-state index contributed by atoms with van der Waals surface area (Å²) >= 11 is 3.29. The Morgan fingerprint density at radius 1 is 1.33 bits per heavy atom. The molecule has 3 N–H and O–H groups in total. The van der Waals surface area contributed by atoms with Crippen LogP contribution in [0.25, 0.3) is 0 Å². The molecule has 0 saturated heterocycles. The van der Waals surface area contributed by atoms with Crippen molar-refractivity contribution in [2.24, 2.45) is 0 Å². The van der Waals surface area contributed by atoms with E-state index < -0.39 is 10.0 Å². The molecule has 21 heavy (non-hydrogen) atoms. The molecule has 0 amide bonds. The zero-order valence-corrected chi connectivity index (χ0v) is 14.0. The Morgan fingerprint density at radius 3 is 2.81 bits per heavy atom. The highest BCUT2D eigenvalue weighted by Gasteiger charge is 2.18. The Kier molecular flexibility index (Phi) is 5.51. The van der Waals surface area contributed by atoms with Gasteiger partial charge in [-0.25, -0.2) is 18.1 Å². The number of H-pyrrole nitrogens is 1. The van der Waals surface area contributed by atoms with Crippen LogP contribution in [0.1, 0.15) is 18.2 Å². The van der Waals surface area contributed by atoms with Crippen molar-refractivity contribution in [2.45, 2.75) is 24.9 Å². The van der Waals surface area contributed by atoms with Crippen molar-refractivity contribution in [2.75, 3.05) is 6.54 Å². The maximum atomic E-state index is 12.4. The molecule has 114 valence electrons. The molecular weight excluding hydrogens is 356 g/mol. The molecule has 0 radical (unpaired) electrons. The van der Waals surface area contributed by atoms with Gasteiger partial charge >= 0.3 is 0 Å². The number of imidazole rings is 1. The van der Waals surface area contributed by atoms with Gasteiger partial charge in [0.25, 0.3) is 0 Å². The van der Waals surface area contributed by atoms with Gasteiger partial charge in [-0.05, 0) is 40.2 Å². The molecule has 0 unspecified atom stereocenters. The number of halogens is 1. The minimum Gasteiger partial charge on any atom is -0.347 e. The van der Waals surface area contributed by atoms with Crippen molar-refractivity contribution in [1.29, 1.82) is 0 Å². The lowest BCUT2D eigenvalue weighted by atomic mass is 10.2. The van der Waals surface area contributed by atoms with Crippen molar-refractivity contribution in [3.8, 4) is 0 Å². The van der Waals surface area contributed by atoms with Gasteiger partial charge in [0.15, 0.2) is 0 Å². The standard InChI is InChI=1S/C13H17BrN4O2S/c1-2-15-6-10-3-4-12(14)13(5-10)21(19,20)18-8-11-7-16-9-17-11/h3-5,7,9,15,18H,2,6,8H2,1H3,(H,16,17). The van der Waals surface area contributed by atoms with Crippen molar-refractivity contribution < 1.29 is 8.42 Å². The highest BCUT2D eigenvalue weighted by molar-refractivity contribution is 9.10. The van der Waals surface area contributed by atoms with E-state index in [1.165, 1.54) is 6.33 Å². The smallest absolute Gasteiger partial charge is 0.242 e. The number of nitrogens with one attached hydrogen (secondary N) is 3. The summed E-state index contributed by atoms with van der Waals surface area (Å²) in [6.07, 6.45) is 3.09. The van der Waals surface area contributed by atoms with E-state index in [0.29, 0.717) is 16.7 Å². The summed E-state index contributed by atoms with van der Waals surface area (Å²) in [5.74, 6) is 0. The molecule has 0 aliphatic carbocycles.